The average Bonchev–Trinajstić information content (AvgIpc) is 2.69. The van der Waals surface area contributed by atoms with Crippen LogP contribution in [0.2, 0.25) is 0 Å². The second-order valence-corrected chi connectivity index (χ2v) is 5.78. The second kappa shape index (κ2) is 7.62. The number of ether oxygens (including phenoxy) is 1. The first kappa shape index (κ1) is 15.3. The Bertz CT molecular complexity index is 264. The number of hydrogen-bond donors (Lipinski definition) is 1. The molecule has 0 unspecified atom stereocenters. The molecule has 4 heteroatoms. The predicted molar refractivity (Wildman–Crippen MR) is 77.1 cm³/mol. The maximum Gasteiger partial charge on any atom is 0.193 e. The van der Waals surface area contributed by atoms with E-state index in [0.717, 1.165) is 45.2 Å². The Morgan fingerprint density at radius 1 is 1.39 bits per heavy atom. The van der Waals surface area contributed by atoms with E-state index in [1.807, 2.05) is 7.05 Å². The molecule has 1 N–H and O–H groups in total. The van der Waals surface area contributed by atoms with Gasteiger partial charge in [-0.15, -0.1) is 0 Å². The lowest BCUT2D eigenvalue weighted by atomic mass is 9.93. The Hall–Kier alpha value is -0.770. The van der Waals surface area contributed by atoms with E-state index in [1.165, 1.54) is 12.8 Å². The van der Waals surface area contributed by atoms with Crippen LogP contribution in [0.5, 0.6) is 0 Å². The Kier molecular flexibility index (Phi) is 6.47. The standard InChI is InChI=1S/C14H29N3O/c1-5-6-10-18-11-8-16-13(15-4)17-9-7-14(2,3)12-17/h5-12H2,1-4H3,(H,15,16). The molecular formula is C14H29N3O. The van der Waals surface area contributed by atoms with Gasteiger partial charge < -0.3 is 15.0 Å². The summed E-state index contributed by atoms with van der Waals surface area (Å²) in [6, 6.07) is 0. The number of rotatable bonds is 6. The fraction of sp³-hybridized carbons (Fsp3) is 0.929. The van der Waals surface area contributed by atoms with E-state index in [-0.39, 0.29) is 0 Å². The van der Waals surface area contributed by atoms with Crippen molar-refractivity contribution in [3.05, 3.63) is 0 Å². The fourth-order valence-electron chi connectivity index (χ4n) is 2.21. The van der Waals surface area contributed by atoms with Crippen LogP contribution in [0.1, 0.15) is 40.0 Å². The summed E-state index contributed by atoms with van der Waals surface area (Å²) in [5, 5.41) is 3.38. The summed E-state index contributed by atoms with van der Waals surface area (Å²) < 4.78 is 5.54. The SMILES string of the molecule is CCCCOCCNC(=NC)N1CCC(C)(C)C1. The first-order valence-electron chi connectivity index (χ1n) is 7.12. The zero-order chi connectivity index (χ0) is 13.4. The molecule has 1 aliphatic rings. The van der Waals surface area contributed by atoms with Gasteiger partial charge in [0.15, 0.2) is 5.96 Å². The summed E-state index contributed by atoms with van der Waals surface area (Å²) in [6.45, 7) is 11.5. The average molecular weight is 255 g/mol. The number of nitrogens with zero attached hydrogens (tertiary/aromatic N) is 2. The molecule has 1 aliphatic heterocycles. The van der Waals surface area contributed by atoms with Crippen molar-refractivity contribution in [1.82, 2.24) is 10.2 Å². The van der Waals surface area contributed by atoms with Crippen LogP contribution in [0.3, 0.4) is 0 Å². The number of likely N-dealkylation sites (tertiary alicyclic amines) is 1. The van der Waals surface area contributed by atoms with Gasteiger partial charge in [0.25, 0.3) is 0 Å². The van der Waals surface area contributed by atoms with Gasteiger partial charge in [0.2, 0.25) is 0 Å². The number of nitrogens with one attached hydrogen (secondary N) is 1. The van der Waals surface area contributed by atoms with Crippen LogP contribution in [-0.4, -0.2) is 50.8 Å². The molecule has 0 aromatic heterocycles. The first-order valence-corrected chi connectivity index (χ1v) is 7.12. The summed E-state index contributed by atoms with van der Waals surface area (Å²) in [7, 11) is 1.85. The lowest BCUT2D eigenvalue weighted by Gasteiger charge is -2.23. The van der Waals surface area contributed by atoms with Crippen LogP contribution < -0.4 is 5.32 Å². The van der Waals surface area contributed by atoms with E-state index in [4.69, 9.17) is 4.74 Å². The molecule has 1 rings (SSSR count). The van der Waals surface area contributed by atoms with Crippen LogP contribution in [0, 0.1) is 5.41 Å². The molecular weight excluding hydrogens is 226 g/mol. The van der Waals surface area contributed by atoms with Gasteiger partial charge in [0, 0.05) is 33.3 Å². The summed E-state index contributed by atoms with van der Waals surface area (Å²) in [4.78, 5) is 6.68. The molecule has 0 aliphatic carbocycles. The number of unbranched alkanes of at least 4 members (excludes halogenated alkanes) is 1. The van der Waals surface area contributed by atoms with Crippen molar-refractivity contribution in [2.24, 2.45) is 10.4 Å². The van der Waals surface area contributed by atoms with Crippen LogP contribution in [0.15, 0.2) is 4.99 Å². The van der Waals surface area contributed by atoms with Gasteiger partial charge in [-0.2, -0.15) is 0 Å². The maximum atomic E-state index is 5.54. The quantitative estimate of drug-likeness (QED) is 0.449. The fourth-order valence-corrected chi connectivity index (χ4v) is 2.21. The van der Waals surface area contributed by atoms with E-state index in [1.54, 1.807) is 0 Å². The summed E-state index contributed by atoms with van der Waals surface area (Å²) in [6.07, 6.45) is 3.58. The minimum absolute atomic E-state index is 0.412. The van der Waals surface area contributed by atoms with Crippen molar-refractivity contribution in [2.45, 2.75) is 40.0 Å². The van der Waals surface area contributed by atoms with Crippen molar-refractivity contribution in [2.75, 3.05) is 39.9 Å². The van der Waals surface area contributed by atoms with E-state index >= 15 is 0 Å². The molecule has 1 heterocycles. The first-order chi connectivity index (χ1) is 8.59. The molecule has 0 radical (unpaired) electrons. The molecule has 1 fully saturated rings. The smallest absolute Gasteiger partial charge is 0.193 e. The highest BCUT2D eigenvalue weighted by molar-refractivity contribution is 5.80. The van der Waals surface area contributed by atoms with Crippen molar-refractivity contribution < 1.29 is 4.74 Å². The monoisotopic (exact) mass is 255 g/mol. The number of hydrogen-bond acceptors (Lipinski definition) is 2. The number of guanidine groups is 1. The predicted octanol–water partition coefficient (Wildman–Crippen LogP) is 2.11. The van der Waals surface area contributed by atoms with Crippen LogP contribution in [0.4, 0.5) is 0 Å². The third kappa shape index (κ3) is 5.25. The molecule has 0 saturated carbocycles. The van der Waals surface area contributed by atoms with Gasteiger partial charge >= 0.3 is 0 Å². The minimum Gasteiger partial charge on any atom is -0.380 e. The normalized spacial score (nSPS) is 19.3. The molecule has 4 nitrogen and oxygen atoms in total. The Morgan fingerprint density at radius 3 is 2.72 bits per heavy atom. The Morgan fingerprint density at radius 2 is 2.17 bits per heavy atom. The Balaban J connectivity index is 2.19. The van der Waals surface area contributed by atoms with Gasteiger partial charge in [-0.05, 0) is 18.3 Å². The maximum absolute atomic E-state index is 5.54. The Labute approximate surface area is 112 Å². The summed E-state index contributed by atoms with van der Waals surface area (Å²) in [5.41, 5.74) is 0.412. The molecule has 0 spiro atoms. The van der Waals surface area contributed by atoms with Gasteiger partial charge in [0.05, 0.1) is 6.61 Å². The zero-order valence-corrected chi connectivity index (χ0v) is 12.5. The van der Waals surface area contributed by atoms with Gasteiger partial charge in [-0.25, -0.2) is 0 Å². The van der Waals surface area contributed by atoms with Crippen molar-refractivity contribution in [1.29, 1.82) is 0 Å². The highest BCUT2D eigenvalue weighted by Gasteiger charge is 2.30. The van der Waals surface area contributed by atoms with E-state index < -0.39 is 0 Å². The third-order valence-corrected chi connectivity index (χ3v) is 3.36. The molecule has 106 valence electrons. The highest BCUT2D eigenvalue weighted by Crippen LogP contribution is 2.28. The van der Waals surface area contributed by atoms with Crippen molar-refractivity contribution in [3.8, 4) is 0 Å². The molecule has 0 amide bonds. The van der Waals surface area contributed by atoms with Gasteiger partial charge in [0.1, 0.15) is 0 Å². The molecule has 0 aromatic carbocycles. The number of aliphatic imine (C=N–C) groups is 1. The van der Waals surface area contributed by atoms with E-state index in [9.17, 15) is 0 Å². The largest absolute Gasteiger partial charge is 0.380 e. The van der Waals surface area contributed by atoms with Gasteiger partial charge in [-0.1, -0.05) is 27.2 Å². The lowest BCUT2D eigenvalue weighted by Crippen LogP contribution is -2.42. The summed E-state index contributed by atoms with van der Waals surface area (Å²) in [5.74, 6) is 1.01. The van der Waals surface area contributed by atoms with E-state index in [0.29, 0.717) is 5.41 Å². The van der Waals surface area contributed by atoms with Crippen molar-refractivity contribution >= 4 is 5.96 Å². The molecule has 18 heavy (non-hydrogen) atoms. The topological polar surface area (TPSA) is 36.9 Å². The highest BCUT2D eigenvalue weighted by atomic mass is 16.5. The van der Waals surface area contributed by atoms with Crippen LogP contribution >= 0.6 is 0 Å². The molecule has 0 aromatic rings. The summed E-state index contributed by atoms with van der Waals surface area (Å²) >= 11 is 0. The molecule has 0 bridgehead atoms. The van der Waals surface area contributed by atoms with Crippen molar-refractivity contribution in [3.63, 3.8) is 0 Å². The minimum atomic E-state index is 0.412. The van der Waals surface area contributed by atoms with Gasteiger partial charge in [-0.3, -0.25) is 4.99 Å². The zero-order valence-electron chi connectivity index (χ0n) is 12.5. The molecule has 0 atom stereocenters. The second-order valence-electron chi connectivity index (χ2n) is 5.78. The van der Waals surface area contributed by atoms with Crippen LogP contribution in [-0.2, 0) is 4.74 Å². The van der Waals surface area contributed by atoms with E-state index in [2.05, 4.69) is 36.0 Å². The van der Waals surface area contributed by atoms with Crippen LogP contribution in [0.25, 0.3) is 0 Å². The third-order valence-electron chi connectivity index (χ3n) is 3.36. The lowest BCUT2D eigenvalue weighted by molar-refractivity contribution is 0.135. The molecule has 1 saturated heterocycles.